The van der Waals surface area contributed by atoms with E-state index >= 15 is 0 Å². The third kappa shape index (κ3) is 5.17. The van der Waals surface area contributed by atoms with E-state index in [0.29, 0.717) is 35.9 Å². The second kappa shape index (κ2) is 9.92. The zero-order chi connectivity index (χ0) is 21.5. The summed E-state index contributed by atoms with van der Waals surface area (Å²) in [5.41, 5.74) is 1.71. The number of carbonyl (C=O) groups is 1. The molecule has 2 aromatic rings. The summed E-state index contributed by atoms with van der Waals surface area (Å²) in [6.07, 6.45) is 0.902. The van der Waals surface area contributed by atoms with Crippen LogP contribution in [-0.2, 0) is 16.2 Å². The largest absolute Gasteiger partial charge is 0.445 e. The number of hydrogen-bond acceptors (Lipinski definition) is 8. The van der Waals surface area contributed by atoms with Crippen LogP contribution in [0.1, 0.15) is 5.56 Å². The number of amides is 1. The Balaban J connectivity index is 1.60. The second-order valence-electron chi connectivity index (χ2n) is 6.47. The van der Waals surface area contributed by atoms with E-state index in [1.165, 1.54) is 25.5 Å². The van der Waals surface area contributed by atoms with Gasteiger partial charge in [0.15, 0.2) is 12.8 Å². The minimum Gasteiger partial charge on any atom is -0.445 e. The number of carbonyl (C=O) groups excluding carboxylic acids is 1. The molecule has 1 aromatic heterocycles. The lowest BCUT2D eigenvalue weighted by atomic mass is 10.1. The lowest BCUT2D eigenvalue weighted by molar-refractivity contribution is 0.0554. The number of halogens is 2. The fourth-order valence-corrected chi connectivity index (χ4v) is 2.61. The van der Waals surface area contributed by atoms with Gasteiger partial charge >= 0.3 is 6.09 Å². The number of nitrogens with one attached hydrogen (secondary N) is 1. The number of hydrogen-bond donors (Lipinski definition) is 2. The van der Waals surface area contributed by atoms with Crippen LogP contribution in [0.4, 0.5) is 19.5 Å². The van der Waals surface area contributed by atoms with Crippen LogP contribution in [0.5, 0.6) is 0 Å². The van der Waals surface area contributed by atoms with Gasteiger partial charge in [-0.25, -0.2) is 23.5 Å². The molecule has 1 aromatic carbocycles. The number of alkyl carbamates (subject to hydrolysis) is 1. The van der Waals surface area contributed by atoms with Gasteiger partial charge in [0.1, 0.15) is 12.4 Å². The zero-order valence-corrected chi connectivity index (χ0v) is 16.2. The third-order valence-corrected chi connectivity index (χ3v) is 4.27. The van der Waals surface area contributed by atoms with Gasteiger partial charge in [-0.05, 0) is 0 Å². The van der Waals surface area contributed by atoms with E-state index in [-0.39, 0.29) is 18.8 Å². The smallest absolute Gasteiger partial charge is 0.407 e. The molecule has 0 spiro atoms. The highest BCUT2D eigenvalue weighted by Crippen LogP contribution is 2.25. The standard InChI is InChI=1S/C19H21F2N5O4/c1-22-19(28)29-10-12-3-2-4-16(17(12)21)13-5-23-18(24-6-13)26-7-15(8-26)25-30-11-14(20)9-27/h2-6,14,27H,7-11H2,1H3,(H,22,28). The maximum absolute atomic E-state index is 14.8. The number of oxime groups is 1. The Morgan fingerprint density at radius 2 is 2.10 bits per heavy atom. The topological polar surface area (TPSA) is 109 Å². The Morgan fingerprint density at radius 3 is 2.77 bits per heavy atom. The van der Waals surface area contributed by atoms with E-state index in [0.717, 1.165) is 0 Å². The van der Waals surface area contributed by atoms with Gasteiger partial charge in [-0.2, -0.15) is 0 Å². The molecular weight excluding hydrogens is 400 g/mol. The number of aromatic nitrogens is 2. The van der Waals surface area contributed by atoms with Gasteiger partial charge in [-0.15, -0.1) is 0 Å². The van der Waals surface area contributed by atoms with Crippen LogP contribution in [-0.4, -0.2) is 66.4 Å². The molecule has 1 atom stereocenters. The maximum Gasteiger partial charge on any atom is 0.407 e. The summed E-state index contributed by atoms with van der Waals surface area (Å²) >= 11 is 0. The highest BCUT2D eigenvalue weighted by molar-refractivity contribution is 5.98. The Morgan fingerprint density at radius 1 is 1.37 bits per heavy atom. The molecule has 0 bridgehead atoms. The summed E-state index contributed by atoms with van der Waals surface area (Å²) in [6, 6.07) is 4.78. The highest BCUT2D eigenvalue weighted by atomic mass is 19.1. The van der Waals surface area contributed by atoms with Crippen molar-refractivity contribution in [1.82, 2.24) is 15.3 Å². The van der Waals surface area contributed by atoms with Gasteiger partial charge in [0.05, 0.1) is 25.4 Å². The molecular formula is C19H21F2N5O4. The number of rotatable bonds is 8. The molecule has 30 heavy (non-hydrogen) atoms. The molecule has 1 saturated heterocycles. The Hall–Kier alpha value is -3.34. The summed E-state index contributed by atoms with van der Waals surface area (Å²) in [6.45, 7) is -0.254. The fraction of sp³-hybridized carbons (Fsp3) is 0.368. The van der Waals surface area contributed by atoms with E-state index in [1.807, 2.05) is 4.90 Å². The lowest BCUT2D eigenvalue weighted by Crippen LogP contribution is -2.48. The molecule has 160 valence electrons. The van der Waals surface area contributed by atoms with Gasteiger partial charge in [0.2, 0.25) is 5.95 Å². The van der Waals surface area contributed by atoms with Gasteiger partial charge in [-0.3, -0.25) is 0 Å². The molecule has 1 amide bonds. The minimum absolute atomic E-state index is 0.197. The molecule has 9 nitrogen and oxygen atoms in total. The van der Waals surface area contributed by atoms with E-state index in [2.05, 4.69) is 20.4 Å². The molecule has 3 rings (SSSR count). The average molecular weight is 421 g/mol. The first-order valence-electron chi connectivity index (χ1n) is 9.13. The predicted octanol–water partition coefficient (Wildman–Crippen LogP) is 1.66. The first-order valence-corrected chi connectivity index (χ1v) is 9.13. The van der Waals surface area contributed by atoms with Gasteiger partial charge < -0.3 is 24.9 Å². The summed E-state index contributed by atoms with van der Waals surface area (Å²) in [5.74, 6) is -0.0711. The SMILES string of the molecule is CNC(=O)OCc1cccc(-c2cnc(N3CC(=NOCC(F)CO)C3)nc2)c1F. The van der Waals surface area contributed by atoms with Crippen molar-refractivity contribution in [3.8, 4) is 11.1 Å². The molecule has 1 fully saturated rings. The molecule has 2 N–H and O–H groups in total. The number of aliphatic hydroxyl groups excluding tert-OH is 1. The van der Waals surface area contributed by atoms with Crippen LogP contribution in [0, 0.1) is 5.82 Å². The van der Waals surface area contributed by atoms with Gasteiger partial charge in [0.25, 0.3) is 0 Å². The third-order valence-electron chi connectivity index (χ3n) is 4.27. The average Bonchev–Trinajstić information content (AvgIpc) is 2.74. The molecule has 11 heteroatoms. The van der Waals surface area contributed by atoms with Crippen LogP contribution in [0.3, 0.4) is 0 Å². The van der Waals surface area contributed by atoms with Gasteiger partial charge in [0, 0.05) is 36.1 Å². The zero-order valence-electron chi connectivity index (χ0n) is 16.2. The predicted molar refractivity (Wildman–Crippen MR) is 104 cm³/mol. The number of anilines is 1. The van der Waals surface area contributed by atoms with E-state index in [9.17, 15) is 13.6 Å². The molecule has 0 saturated carbocycles. The van der Waals surface area contributed by atoms with Crippen LogP contribution in [0.25, 0.3) is 11.1 Å². The van der Waals surface area contributed by atoms with E-state index in [1.54, 1.807) is 12.1 Å². The van der Waals surface area contributed by atoms with Crippen LogP contribution < -0.4 is 10.2 Å². The van der Waals surface area contributed by atoms with Crippen molar-refractivity contribution in [3.05, 3.63) is 42.0 Å². The number of alkyl halides is 1. The van der Waals surface area contributed by atoms with Crippen LogP contribution in [0.15, 0.2) is 35.7 Å². The van der Waals surface area contributed by atoms with E-state index in [4.69, 9.17) is 14.7 Å². The Kier molecular flexibility index (Phi) is 7.07. The van der Waals surface area contributed by atoms with Crippen LogP contribution >= 0.6 is 0 Å². The Bertz CT molecular complexity index is 902. The van der Waals surface area contributed by atoms with Crippen molar-refractivity contribution < 1.29 is 28.3 Å². The lowest BCUT2D eigenvalue weighted by Gasteiger charge is -2.31. The van der Waals surface area contributed by atoms with Crippen molar-refractivity contribution in [2.45, 2.75) is 12.8 Å². The van der Waals surface area contributed by atoms with Crippen molar-refractivity contribution in [1.29, 1.82) is 0 Å². The first-order chi connectivity index (χ1) is 14.5. The summed E-state index contributed by atoms with van der Waals surface area (Å²) < 4.78 is 32.5. The number of aliphatic hydroxyl groups is 1. The van der Waals surface area contributed by atoms with Crippen molar-refractivity contribution in [3.63, 3.8) is 0 Å². The maximum atomic E-state index is 14.8. The summed E-state index contributed by atoms with van der Waals surface area (Å²) in [5, 5.41) is 14.7. The van der Waals surface area contributed by atoms with Crippen molar-refractivity contribution in [2.75, 3.05) is 38.3 Å². The number of ether oxygens (including phenoxy) is 1. The van der Waals surface area contributed by atoms with Crippen molar-refractivity contribution >= 4 is 17.8 Å². The quantitative estimate of drug-likeness (QED) is 0.624. The normalized spacial score (nSPS) is 14.0. The number of benzene rings is 1. The summed E-state index contributed by atoms with van der Waals surface area (Å²) in [7, 11) is 1.42. The number of nitrogens with zero attached hydrogens (tertiary/aromatic N) is 4. The molecule has 1 unspecified atom stereocenters. The second-order valence-corrected chi connectivity index (χ2v) is 6.47. The molecule has 0 aliphatic carbocycles. The monoisotopic (exact) mass is 421 g/mol. The molecule has 2 heterocycles. The summed E-state index contributed by atoms with van der Waals surface area (Å²) in [4.78, 5) is 26.3. The van der Waals surface area contributed by atoms with Crippen LogP contribution in [0.2, 0.25) is 0 Å². The van der Waals surface area contributed by atoms with E-state index < -0.39 is 24.7 Å². The molecule has 1 aliphatic heterocycles. The highest BCUT2D eigenvalue weighted by Gasteiger charge is 2.25. The van der Waals surface area contributed by atoms with Gasteiger partial charge in [-0.1, -0.05) is 23.4 Å². The van der Waals surface area contributed by atoms with Crippen molar-refractivity contribution in [2.24, 2.45) is 5.16 Å². The molecule has 1 aliphatic rings. The minimum atomic E-state index is -1.46. The molecule has 0 radical (unpaired) electrons. The Labute approximate surface area is 171 Å². The fourth-order valence-electron chi connectivity index (χ4n) is 2.61. The first kappa shape index (κ1) is 21.4.